The maximum atomic E-state index is 5.55. The van der Waals surface area contributed by atoms with Gasteiger partial charge in [-0.25, -0.2) is 0 Å². The molecule has 3 nitrogen and oxygen atoms in total. The fraction of sp³-hybridized carbons (Fsp3) is 0.688. The first-order valence-electron chi connectivity index (χ1n) is 7.22. The molecule has 0 saturated carbocycles. The molecule has 0 N–H and O–H groups in total. The number of ether oxygens (including phenoxy) is 1. The van der Waals surface area contributed by atoms with E-state index in [1.807, 2.05) is 0 Å². The second-order valence-corrected chi connectivity index (χ2v) is 6.11. The molecule has 1 aliphatic rings. The van der Waals surface area contributed by atoms with Gasteiger partial charge in [-0.3, -0.25) is 9.88 Å². The Kier molecular flexibility index (Phi) is 4.26. The monoisotopic (exact) mass is 262 g/mol. The van der Waals surface area contributed by atoms with Crippen molar-refractivity contribution < 1.29 is 4.74 Å². The van der Waals surface area contributed by atoms with Gasteiger partial charge in [0.2, 0.25) is 0 Å². The van der Waals surface area contributed by atoms with Gasteiger partial charge < -0.3 is 4.74 Å². The smallest absolute Gasteiger partial charge is 0.0639 e. The largest absolute Gasteiger partial charge is 0.381 e. The van der Waals surface area contributed by atoms with Crippen LogP contribution in [0.4, 0.5) is 0 Å². The minimum atomic E-state index is -0.0525. The van der Waals surface area contributed by atoms with Crippen LogP contribution in [0, 0.1) is 0 Å². The van der Waals surface area contributed by atoms with Gasteiger partial charge in [0.05, 0.1) is 17.8 Å². The summed E-state index contributed by atoms with van der Waals surface area (Å²) < 4.78 is 5.55. The highest BCUT2D eigenvalue weighted by Crippen LogP contribution is 2.34. The first-order chi connectivity index (χ1) is 8.96. The van der Waals surface area contributed by atoms with Crippen LogP contribution < -0.4 is 0 Å². The maximum Gasteiger partial charge on any atom is 0.0639 e. The normalized spacial score (nSPS) is 20.2. The molecule has 1 saturated heterocycles. The molecule has 0 bridgehead atoms. The Morgan fingerprint density at radius 2 is 2.11 bits per heavy atom. The molecule has 1 aromatic rings. The number of rotatable bonds is 4. The molecule has 0 amide bonds. The Morgan fingerprint density at radius 3 is 2.63 bits per heavy atom. The molecule has 2 heterocycles. The predicted molar refractivity (Wildman–Crippen MR) is 78.5 cm³/mol. The van der Waals surface area contributed by atoms with E-state index < -0.39 is 0 Å². The zero-order valence-electron chi connectivity index (χ0n) is 12.9. The van der Waals surface area contributed by atoms with Crippen molar-refractivity contribution in [3.05, 3.63) is 29.1 Å². The molecule has 0 radical (unpaired) electrons. The zero-order valence-corrected chi connectivity index (χ0v) is 12.9. The molecule has 0 aliphatic carbocycles. The van der Waals surface area contributed by atoms with E-state index in [4.69, 9.17) is 9.72 Å². The van der Waals surface area contributed by atoms with Crippen molar-refractivity contribution in [3.8, 4) is 0 Å². The Balaban J connectivity index is 2.47. The number of pyridine rings is 1. The molecule has 1 atom stereocenters. The first kappa shape index (κ1) is 14.5. The van der Waals surface area contributed by atoms with Crippen LogP contribution in [-0.4, -0.2) is 37.2 Å². The van der Waals surface area contributed by atoms with Crippen molar-refractivity contribution in [1.29, 1.82) is 0 Å². The van der Waals surface area contributed by atoms with Crippen LogP contribution in [0.3, 0.4) is 0 Å². The minimum absolute atomic E-state index is 0.0525. The van der Waals surface area contributed by atoms with E-state index in [1.54, 1.807) is 0 Å². The van der Waals surface area contributed by atoms with E-state index in [0.29, 0.717) is 5.92 Å². The average molecular weight is 262 g/mol. The van der Waals surface area contributed by atoms with E-state index in [-0.39, 0.29) is 5.54 Å². The Labute approximate surface area is 117 Å². The van der Waals surface area contributed by atoms with Crippen molar-refractivity contribution in [2.75, 3.05) is 27.3 Å². The zero-order chi connectivity index (χ0) is 14.0. The highest BCUT2D eigenvalue weighted by molar-refractivity contribution is 5.32. The quantitative estimate of drug-likeness (QED) is 0.834. The molecule has 106 valence electrons. The molecule has 0 spiro atoms. The molecule has 3 heteroatoms. The summed E-state index contributed by atoms with van der Waals surface area (Å²) in [6, 6.07) is 4.44. The van der Waals surface area contributed by atoms with Crippen LogP contribution in [0.1, 0.15) is 50.1 Å². The maximum absolute atomic E-state index is 5.55. The summed E-state index contributed by atoms with van der Waals surface area (Å²) in [4.78, 5) is 7.18. The van der Waals surface area contributed by atoms with Crippen LogP contribution in [0.2, 0.25) is 0 Å². The van der Waals surface area contributed by atoms with Gasteiger partial charge in [-0.1, -0.05) is 13.0 Å². The van der Waals surface area contributed by atoms with Gasteiger partial charge in [-0.15, -0.1) is 0 Å². The molecule has 1 aromatic heterocycles. The van der Waals surface area contributed by atoms with E-state index >= 15 is 0 Å². The third-order valence-corrected chi connectivity index (χ3v) is 4.41. The van der Waals surface area contributed by atoms with Gasteiger partial charge in [0.15, 0.2) is 0 Å². The van der Waals surface area contributed by atoms with Gasteiger partial charge in [-0.05, 0) is 52.4 Å². The Bertz CT molecular complexity index is 434. The van der Waals surface area contributed by atoms with Crippen LogP contribution in [0.5, 0.6) is 0 Å². The SMILES string of the molecule is CCc1ccc([C@H]2CCOC2)c(C(C)(C)N(C)C)n1. The van der Waals surface area contributed by atoms with E-state index in [2.05, 4.69) is 51.9 Å². The van der Waals surface area contributed by atoms with Gasteiger partial charge in [0, 0.05) is 18.2 Å². The van der Waals surface area contributed by atoms with E-state index in [1.165, 1.54) is 17.0 Å². The highest BCUT2D eigenvalue weighted by atomic mass is 16.5. The summed E-state index contributed by atoms with van der Waals surface area (Å²) in [5.74, 6) is 0.507. The fourth-order valence-electron chi connectivity index (χ4n) is 2.52. The van der Waals surface area contributed by atoms with Gasteiger partial charge >= 0.3 is 0 Å². The van der Waals surface area contributed by atoms with Gasteiger partial charge in [-0.2, -0.15) is 0 Å². The number of hydrogen-bond donors (Lipinski definition) is 0. The summed E-state index contributed by atoms with van der Waals surface area (Å²) in [6.07, 6.45) is 2.10. The van der Waals surface area contributed by atoms with Crippen molar-refractivity contribution in [2.45, 2.75) is 45.1 Å². The Hall–Kier alpha value is -0.930. The standard InChI is InChI=1S/C16H26N2O/c1-6-13-7-8-14(12-9-10-19-11-12)15(17-13)16(2,3)18(4)5/h7-8,12H,6,9-11H2,1-5H3/t12-/m0/s1. The molecule has 2 rings (SSSR count). The van der Waals surface area contributed by atoms with Crippen molar-refractivity contribution in [2.24, 2.45) is 0 Å². The molecule has 1 aliphatic heterocycles. The lowest BCUT2D eigenvalue weighted by atomic mass is 9.87. The molecule has 0 aromatic carbocycles. The summed E-state index contributed by atoms with van der Waals surface area (Å²) >= 11 is 0. The lowest BCUT2D eigenvalue weighted by Crippen LogP contribution is -2.37. The summed E-state index contributed by atoms with van der Waals surface area (Å²) in [5, 5.41) is 0. The number of aromatic nitrogens is 1. The third kappa shape index (κ3) is 2.82. The fourth-order valence-corrected chi connectivity index (χ4v) is 2.52. The molecular weight excluding hydrogens is 236 g/mol. The van der Waals surface area contributed by atoms with Crippen LogP contribution in [0.15, 0.2) is 12.1 Å². The lowest BCUT2D eigenvalue weighted by Gasteiger charge is -2.34. The molecule has 1 fully saturated rings. The van der Waals surface area contributed by atoms with Crippen molar-refractivity contribution >= 4 is 0 Å². The van der Waals surface area contributed by atoms with Crippen molar-refractivity contribution in [1.82, 2.24) is 9.88 Å². The van der Waals surface area contributed by atoms with Crippen molar-refractivity contribution in [3.63, 3.8) is 0 Å². The first-order valence-corrected chi connectivity index (χ1v) is 7.22. The third-order valence-electron chi connectivity index (χ3n) is 4.41. The van der Waals surface area contributed by atoms with Gasteiger partial charge in [0.25, 0.3) is 0 Å². The second kappa shape index (κ2) is 5.59. The van der Waals surface area contributed by atoms with Crippen LogP contribution >= 0.6 is 0 Å². The van der Waals surface area contributed by atoms with Gasteiger partial charge in [0.1, 0.15) is 0 Å². The predicted octanol–water partition coefficient (Wildman–Crippen LogP) is 2.94. The summed E-state index contributed by atoms with van der Waals surface area (Å²) in [5.41, 5.74) is 3.71. The lowest BCUT2D eigenvalue weighted by molar-refractivity contribution is 0.184. The summed E-state index contributed by atoms with van der Waals surface area (Å²) in [7, 11) is 4.24. The number of aryl methyl sites for hydroxylation is 1. The number of hydrogen-bond acceptors (Lipinski definition) is 3. The molecular formula is C16H26N2O. The van der Waals surface area contributed by atoms with E-state index in [0.717, 1.165) is 26.1 Å². The number of nitrogens with zero attached hydrogens (tertiary/aromatic N) is 2. The van der Waals surface area contributed by atoms with E-state index in [9.17, 15) is 0 Å². The second-order valence-electron chi connectivity index (χ2n) is 6.11. The minimum Gasteiger partial charge on any atom is -0.381 e. The topological polar surface area (TPSA) is 25.4 Å². The van der Waals surface area contributed by atoms with Crippen LogP contribution in [-0.2, 0) is 16.7 Å². The van der Waals surface area contributed by atoms with Crippen LogP contribution in [0.25, 0.3) is 0 Å². The highest BCUT2D eigenvalue weighted by Gasteiger charge is 2.31. The molecule has 19 heavy (non-hydrogen) atoms. The average Bonchev–Trinajstić information content (AvgIpc) is 2.91. The Morgan fingerprint density at radius 1 is 1.37 bits per heavy atom. The molecule has 0 unspecified atom stereocenters. The summed E-state index contributed by atoms with van der Waals surface area (Å²) in [6.45, 7) is 8.36.